The Labute approximate surface area is 78.7 Å². The lowest BCUT2D eigenvalue weighted by Gasteiger charge is -2.25. The van der Waals surface area contributed by atoms with Gasteiger partial charge in [0.25, 0.3) is 0 Å². The zero-order chi connectivity index (χ0) is 9.68. The average Bonchev–Trinajstić information content (AvgIpc) is 2.15. The van der Waals surface area contributed by atoms with Gasteiger partial charge in [0.2, 0.25) is 6.43 Å². The number of nitrogens with two attached hydrogens (primary N) is 1. The molecule has 0 aliphatic heterocycles. The summed E-state index contributed by atoms with van der Waals surface area (Å²) in [6, 6.07) is 0. The van der Waals surface area contributed by atoms with Gasteiger partial charge in [-0.15, -0.1) is 0 Å². The summed E-state index contributed by atoms with van der Waals surface area (Å²) in [7, 11) is 0. The summed E-state index contributed by atoms with van der Waals surface area (Å²) >= 11 is 0. The van der Waals surface area contributed by atoms with Crippen molar-refractivity contribution in [3.05, 3.63) is 0 Å². The zero-order valence-corrected chi connectivity index (χ0v) is 8.02. The Morgan fingerprint density at radius 3 is 2.23 bits per heavy atom. The van der Waals surface area contributed by atoms with E-state index >= 15 is 0 Å². The van der Waals surface area contributed by atoms with Gasteiger partial charge >= 0.3 is 0 Å². The van der Waals surface area contributed by atoms with E-state index in [1.54, 1.807) is 0 Å². The normalized spacial score (nSPS) is 22.2. The molecule has 1 aliphatic carbocycles. The van der Waals surface area contributed by atoms with Crippen LogP contribution in [-0.4, -0.2) is 13.0 Å². The minimum absolute atomic E-state index is 0.133. The standard InChI is InChI=1S/C10H19F2N/c11-10(12)9(7-13)6-8-4-2-1-3-5-8/h8-10H,1-7,13H2. The first-order chi connectivity index (χ1) is 6.24. The number of hydrogen-bond acceptors (Lipinski definition) is 1. The molecular formula is C10H19F2N. The second kappa shape index (κ2) is 5.53. The molecule has 0 amide bonds. The Balaban J connectivity index is 2.27. The molecule has 0 aromatic carbocycles. The fourth-order valence-electron chi connectivity index (χ4n) is 2.15. The predicted molar refractivity (Wildman–Crippen MR) is 49.7 cm³/mol. The van der Waals surface area contributed by atoms with E-state index in [0.29, 0.717) is 12.3 Å². The van der Waals surface area contributed by atoms with Crippen LogP contribution in [0.15, 0.2) is 0 Å². The van der Waals surface area contributed by atoms with Crippen LogP contribution < -0.4 is 5.73 Å². The number of alkyl halides is 2. The van der Waals surface area contributed by atoms with E-state index in [1.165, 1.54) is 19.3 Å². The SMILES string of the molecule is NCC(CC1CCCCC1)C(F)F. The van der Waals surface area contributed by atoms with Crippen LogP contribution in [0.2, 0.25) is 0 Å². The summed E-state index contributed by atoms with van der Waals surface area (Å²) < 4.78 is 24.7. The second-order valence-corrected chi connectivity index (χ2v) is 4.07. The fraction of sp³-hybridized carbons (Fsp3) is 1.00. The number of rotatable bonds is 4. The van der Waals surface area contributed by atoms with Gasteiger partial charge in [-0.1, -0.05) is 32.1 Å². The Morgan fingerprint density at radius 2 is 1.77 bits per heavy atom. The topological polar surface area (TPSA) is 26.0 Å². The summed E-state index contributed by atoms with van der Waals surface area (Å²) in [5.74, 6) is -0.0561. The van der Waals surface area contributed by atoms with Gasteiger partial charge in [-0.3, -0.25) is 0 Å². The smallest absolute Gasteiger partial charge is 0.242 e. The molecule has 13 heavy (non-hydrogen) atoms. The molecular weight excluding hydrogens is 172 g/mol. The summed E-state index contributed by atoms with van der Waals surface area (Å²) in [6.07, 6.45) is 4.36. The number of halogens is 2. The van der Waals surface area contributed by atoms with E-state index < -0.39 is 12.3 Å². The van der Waals surface area contributed by atoms with Crippen LogP contribution in [0.4, 0.5) is 8.78 Å². The molecule has 1 saturated carbocycles. The average molecular weight is 191 g/mol. The molecule has 3 heteroatoms. The molecule has 0 aromatic heterocycles. The van der Waals surface area contributed by atoms with Crippen molar-refractivity contribution in [2.24, 2.45) is 17.6 Å². The molecule has 0 heterocycles. The van der Waals surface area contributed by atoms with Gasteiger partial charge < -0.3 is 5.73 Å². The monoisotopic (exact) mass is 191 g/mol. The summed E-state index contributed by atoms with van der Waals surface area (Å²) in [5.41, 5.74) is 5.31. The fourth-order valence-corrected chi connectivity index (χ4v) is 2.15. The quantitative estimate of drug-likeness (QED) is 0.726. The van der Waals surface area contributed by atoms with E-state index in [0.717, 1.165) is 12.8 Å². The Morgan fingerprint density at radius 1 is 1.15 bits per heavy atom. The van der Waals surface area contributed by atoms with Crippen molar-refractivity contribution in [3.8, 4) is 0 Å². The predicted octanol–water partition coefficient (Wildman–Crippen LogP) is 2.80. The largest absolute Gasteiger partial charge is 0.330 e. The van der Waals surface area contributed by atoms with Gasteiger partial charge in [-0.05, 0) is 12.3 Å². The molecule has 1 aliphatic rings. The lowest BCUT2D eigenvalue weighted by Crippen LogP contribution is -2.25. The maximum atomic E-state index is 12.4. The van der Waals surface area contributed by atoms with Gasteiger partial charge in [0.05, 0.1) is 0 Å². The van der Waals surface area contributed by atoms with Crippen molar-refractivity contribution >= 4 is 0 Å². The molecule has 78 valence electrons. The van der Waals surface area contributed by atoms with Crippen LogP contribution in [0, 0.1) is 11.8 Å². The van der Waals surface area contributed by atoms with Gasteiger partial charge in [0.15, 0.2) is 0 Å². The molecule has 0 saturated heterocycles. The van der Waals surface area contributed by atoms with E-state index in [2.05, 4.69) is 0 Å². The third kappa shape index (κ3) is 3.59. The second-order valence-electron chi connectivity index (χ2n) is 4.07. The first-order valence-electron chi connectivity index (χ1n) is 5.22. The third-order valence-electron chi connectivity index (χ3n) is 3.02. The van der Waals surface area contributed by atoms with Crippen LogP contribution in [0.1, 0.15) is 38.5 Å². The third-order valence-corrected chi connectivity index (χ3v) is 3.02. The summed E-state index contributed by atoms with van der Waals surface area (Å²) in [4.78, 5) is 0. The van der Waals surface area contributed by atoms with Crippen molar-refractivity contribution < 1.29 is 8.78 Å². The Bertz CT molecular complexity index is 133. The maximum absolute atomic E-state index is 12.4. The highest BCUT2D eigenvalue weighted by atomic mass is 19.3. The summed E-state index contributed by atoms with van der Waals surface area (Å²) in [5, 5.41) is 0. The van der Waals surface area contributed by atoms with Crippen molar-refractivity contribution in [2.45, 2.75) is 45.0 Å². The van der Waals surface area contributed by atoms with Crippen LogP contribution >= 0.6 is 0 Å². The molecule has 1 rings (SSSR count). The van der Waals surface area contributed by atoms with Crippen molar-refractivity contribution in [1.29, 1.82) is 0 Å². The molecule has 1 nitrogen and oxygen atoms in total. The van der Waals surface area contributed by atoms with E-state index in [4.69, 9.17) is 5.73 Å². The molecule has 0 radical (unpaired) electrons. The molecule has 1 fully saturated rings. The van der Waals surface area contributed by atoms with Crippen LogP contribution in [0.25, 0.3) is 0 Å². The molecule has 2 N–H and O–H groups in total. The lowest BCUT2D eigenvalue weighted by molar-refractivity contribution is 0.0630. The summed E-state index contributed by atoms with van der Waals surface area (Å²) in [6.45, 7) is 0.133. The molecule has 0 aromatic rings. The Hall–Kier alpha value is -0.180. The van der Waals surface area contributed by atoms with Crippen molar-refractivity contribution in [2.75, 3.05) is 6.54 Å². The highest BCUT2D eigenvalue weighted by Crippen LogP contribution is 2.30. The van der Waals surface area contributed by atoms with Gasteiger partial charge in [0.1, 0.15) is 0 Å². The maximum Gasteiger partial charge on any atom is 0.242 e. The lowest BCUT2D eigenvalue weighted by atomic mass is 9.83. The van der Waals surface area contributed by atoms with Crippen LogP contribution in [-0.2, 0) is 0 Å². The van der Waals surface area contributed by atoms with E-state index in [9.17, 15) is 8.78 Å². The highest BCUT2D eigenvalue weighted by molar-refractivity contribution is 4.72. The van der Waals surface area contributed by atoms with Gasteiger partial charge in [0, 0.05) is 12.5 Å². The van der Waals surface area contributed by atoms with Gasteiger partial charge in [-0.2, -0.15) is 0 Å². The molecule has 1 atom stereocenters. The van der Waals surface area contributed by atoms with Crippen molar-refractivity contribution in [1.82, 2.24) is 0 Å². The van der Waals surface area contributed by atoms with Gasteiger partial charge in [-0.25, -0.2) is 8.78 Å². The first-order valence-corrected chi connectivity index (χ1v) is 5.22. The molecule has 0 bridgehead atoms. The van der Waals surface area contributed by atoms with E-state index in [-0.39, 0.29) is 6.54 Å². The van der Waals surface area contributed by atoms with E-state index in [1.807, 2.05) is 0 Å². The minimum atomic E-state index is -2.23. The first kappa shape index (κ1) is 10.9. The highest BCUT2D eigenvalue weighted by Gasteiger charge is 2.24. The minimum Gasteiger partial charge on any atom is -0.330 e. The van der Waals surface area contributed by atoms with Crippen LogP contribution in [0.3, 0.4) is 0 Å². The molecule has 1 unspecified atom stereocenters. The van der Waals surface area contributed by atoms with Crippen LogP contribution in [0.5, 0.6) is 0 Å². The number of hydrogen-bond donors (Lipinski definition) is 1. The zero-order valence-electron chi connectivity index (χ0n) is 8.02. The Kier molecular flexibility index (Phi) is 4.64. The molecule has 0 spiro atoms. The van der Waals surface area contributed by atoms with Crippen molar-refractivity contribution in [3.63, 3.8) is 0 Å².